The van der Waals surface area contributed by atoms with E-state index in [2.05, 4.69) is 17.4 Å². The predicted octanol–water partition coefficient (Wildman–Crippen LogP) is 1.21. The van der Waals surface area contributed by atoms with Crippen LogP contribution in [0.4, 0.5) is 5.95 Å². The van der Waals surface area contributed by atoms with Crippen molar-refractivity contribution in [3.63, 3.8) is 0 Å². The Morgan fingerprint density at radius 3 is 3.00 bits per heavy atom. The maximum absolute atomic E-state index is 5.70. The lowest BCUT2D eigenvalue weighted by Gasteiger charge is -2.07. The number of nitrogens with two attached hydrogens (primary N) is 2. The summed E-state index contributed by atoms with van der Waals surface area (Å²) in [4.78, 5) is 4.16. The van der Waals surface area contributed by atoms with Gasteiger partial charge in [-0.15, -0.1) is 0 Å². The van der Waals surface area contributed by atoms with Crippen molar-refractivity contribution in [3.05, 3.63) is 18.2 Å². The number of hydrogen-bond donors (Lipinski definition) is 3. The van der Waals surface area contributed by atoms with Crippen molar-refractivity contribution in [1.82, 2.24) is 9.66 Å². The van der Waals surface area contributed by atoms with Gasteiger partial charge in [-0.2, -0.15) is 0 Å². The number of nitrogens with zero attached hydrogens (tertiary/aromatic N) is 2. The maximum Gasteiger partial charge on any atom is 0.221 e. The molecule has 0 aliphatic carbocycles. The number of anilines is 1. The molecule has 0 fully saturated rings. The van der Waals surface area contributed by atoms with Gasteiger partial charge in [-0.1, -0.05) is 13.3 Å². The van der Waals surface area contributed by atoms with E-state index in [4.69, 9.17) is 16.3 Å². The normalized spacial score (nSPS) is 10.7. The van der Waals surface area contributed by atoms with Gasteiger partial charge < -0.3 is 10.5 Å². The Morgan fingerprint density at radius 1 is 1.47 bits per heavy atom. The van der Waals surface area contributed by atoms with Gasteiger partial charge in [-0.25, -0.2) is 15.5 Å². The fourth-order valence-corrected chi connectivity index (χ4v) is 1.63. The number of nitrogens with one attached hydrogen (secondary N) is 1. The molecule has 0 bridgehead atoms. The predicted molar refractivity (Wildman–Crippen MR) is 68.1 cm³/mol. The van der Waals surface area contributed by atoms with Crippen LogP contribution in [0.1, 0.15) is 19.8 Å². The van der Waals surface area contributed by atoms with Gasteiger partial charge in [-0.05, 0) is 18.6 Å². The maximum atomic E-state index is 5.70. The van der Waals surface area contributed by atoms with Crippen molar-refractivity contribution >= 4 is 17.0 Å². The summed E-state index contributed by atoms with van der Waals surface area (Å²) in [5, 5.41) is 0. The molecule has 0 unspecified atom stereocenters. The molecule has 0 atom stereocenters. The third kappa shape index (κ3) is 2.26. The minimum absolute atomic E-state index is 0.327. The Kier molecular flexibility index (Phi) is 3.34. The molecule has 0 amide bonds. The lowest BCUT2D eigenvalue weighted by atomic mass is 10.3. The molecule has 0 saturated heterocycles. The standard InChI is InChI=1S/C11H17N5O/c1-2-3-6-17-8-4-5-9-10(7-8)16(15-13)11(12)14-9/h4-5,7,15H,2-3,6,13H2,1H3,(H2,12,14). The molecule has 0 aliphatic rings. The van der Waals surface area contributed by atoms with Crippen LogP contribution >= 0.6 is 0 Å². The number of ether oxygens (including phenoxy) is 1. The molecular formula is C11H17N5O. The van der Waals surface area contributed by atoms with Gasteiger partial charge in [-0.3, -0.25) is 5.53 Å². The van der Waals surface area contributed by atoms with E-state index in [-0.39, 0.29) is 0 Å². The highest BCUT2D eigenvalue weighted by atomic mass is 16.5. The first kappa shape index (κ1) is 11.5. The molecular weight excluding hydrogens is 218 g/mol. The summed E-state index contributed by atoms with van der Waals surface area (Å²) in [5.41, 5.74) is 9.78. The van der Waals surface area contributed by atoms with Crippen LogP contribution in [0.25, 0.3) is 11.0 Å². The van der Waals surface area contributed by atoms with E-state index in [0.717, 1.165) is 29.6 Å². The summed E-state index contributed by atoms with van der Waals surface area (Å²) in [6.07, 6.45) is 2.14. The highest BCUT2D eigenvalue weighted by molar-refractivity contribution is 5.80. The van der Waals surface area contributed by atoms with Crippen molar-refractivity contribution in [3.8, 4) is 5.75 Å². The van der Waals surface area contributed by atoms with Gasteiger partial charge in [0.15, 0.2) is 0 Å². The van der Waals surface area contributed by atoms with E-state index in [0.29, 0.717) is 12.6 Å². The summed E-state index contributed by atoms with van der Waals surface area (Å²) in [7, 11) is 0. The molecule has 0 saturated carbocycles. The van der Waals surface area contributed by atoms with Crippen LogP contribution in [-0.4, -0.2) is 16.3 Å². The topological polar surface area (TPSA) is 91.1 Å². The van der Waals surface area contributed by atoms with Gasteiger partial charge >= 0.3 is 0 Å². The number of nitrogen functional groups attached to an aromatic ring is 2. The molecule has 17 heavy (non-hydrogen) atoms. The Morgan fingerprint density at radius 2 is 2.29 bits per heavy atom. The van der Waals surface area contributed by atoms with Crippen LogP contribution in [0.15, 0.2) is 18.2 Å². The molecule has 1 aromatic carbocycles. The average molecular weight is 235 g/mol. The van der Waals surface area contributed by atoms with E-state index in [9.17, 15) is 0 Å². The highest BCUT2D eigenvalue weighted by Gasteiger charge is 2.08. The Balaban J connectivity index is 2.28. The molecule has 1 heterocycles. The van der Waals surface area contributed by atoms with E-state index < -0.39 is 0 Å². The van der Waals surface area contributed by atoms with E-state index in [1.54, 1.807) is 0 Å². The first-order valence-electron chi connectivity index (χ1n) is 5.63. The highest BCUT2D eigenvalue weighted by Crippen LogP contribution is 2.22. The molecule has 1 aromatic heterocycles. The SMILES string of the molecule is CCCCOc1ccc2nc(N)n(NN)c2c1. The lowest BCUT2D eigenvalue weighted by Crippen LogP contribution is -2.22. The molecule has 2 rings (SSSR count). The van der Waals surface area contributed by atoms with Crippen molar-refractivity contribution in [2.45, 2.75) is 19.8 Å². The molecule has 0 radical (unpaired) electrons. The summed E-state index contributed by atoms with van der Waals surface area (Å²) in [5.74, 6) is 6.51. The number of aromatic nitrogens is 2. The number of hydrogen-bond acceptors (Lipinski definition) is 5. The molecule has 2 aromatic rings. The Hall–Kier alpha value is -1.95. The van der Waals surface area contributed by atoms with Crippen LogP contribution in [0.2, 0.25) is 0 Å². The zero-order valence-corrected chi connectivity index (χ0v) is 9.81. The number of unbranched alkanes of at least 4 members (excludes halogenated alkanes) is 1. The van der Waals surface area contributed by atoms with Crippen LogP contribution in [0.3, 0.4) is 0 Å². The fourth-order valence-electron chi connectivity index (χ4n) is 1.63. The van der Waals surface area contributed by atoms with Crippen molar-refractivity contribution in [1.29, 1.82) is 0 Å². The smallest absolute Gasteiger partial charge is 0.221 e. The van der Waals surface area contributed by atoms with Gasteiger partial charge in [0.2, 0.25) is 5.95 Å². The number of imidazole rings is 1. The van der Waals surface area contributed by atoms with E-state index in [1.807, 2.05) is 18.2 Å². The monoisotopic (exact) mass is 235 g/mol. The quantitative estimate of drug-likeness (QED) is 0.411. The fraction of sp³-hybridized carbons (Fsp3) is 0.364. The number of fused-ring (bicyclic) bond motifs is 1. The first-order chi connectivity index (χ1) is 8.26. The van der Waals surface area contributed by atoms with Gasteiger partial charge in [0.25, 0.3) is 0 Å². The molecule has 0 aliphatic heterocycles. The zero-order chi connectivity index (χ0) is 12.3. The summed E-state index contributed by atoms with van der Waals surface area (Å²) >= 11 is 0. The molecule has 5 N–H and O–H groups in total. The van der Waals surface area contributed by atoms with E-state index >= 15 is 0 Å². The first-order valence-corrected chi connectivity index (χ1v) is 5.63. The minimum Gasteiger partial charge on any atom is -0.494 e. The van der Waals surface area contributed by atoms with Crippen LogP contribution in [-0.2, 0) is 0 Å². The van der Waals surface area contributed by atoms with E-state index in [1.165, 1.54) is 4.68 Å². The third-order valence-electron chi connectivity index (χ3n) is 2.55. The van der Waals surface area contributed by atoms with Crippen LogP contribution < -0.4 is 21.8 Å². The minimum atomic E-state index is 0.327. The second-order valence-electron chi connectivity index (χ2n) is 3.79. The average Bonchev–Trinajstić information content (AvgIpc) is 2.64. The van der Waals surface area contributed by atoms with Crippen molar-refractivity contribution < 1.29 is 4.74 Å². The summed E-state index contributed by atoms with van der Waals surface area (Å²) in [6, 6.07) is 5.61. The van der Waals surface area contributed by atoms with Gasteiger partial charge in [0, 0.05) is 6.07 Å². The van der Waals surface area contributed by atoms with Crippen LogP contribution in [0, 0.1) is 0 Å². The van der Waals surface area contributed by atoms with Crippen LogP contribution in [0.5, 0.6) is 5.75 Å². The van der Waals surface area contributed by atoms with Gasteiger partial charge in [0.05, 0.1) is 17.6 Å². The third-order valence-corrected chi connectivity index (χ3v) is 2.55. The Labute approximate surface area is 99.5 Å². The van der Waals surface area contributed by atoms with Crippen molar-refractivity contribution in [2.75, 3.05) is 17.9 Å². The molecule has 6 heteroatoms. The largest absolute Gasteiger partial charge is 0.494 e. The number of benzene rings is 1. The summed E-state index contributed by atoms with van der Waals surface area (Å²) < 4.78 is 7.13. The van der Waals surface area contributed by atoms with Gasteiger partial charge in [0.1, 0.15) is 5.75 Å². The molecule has 6 nitrogen and oxygen atoms in total. The summed E-state index contributed by atoms with van der Waals surface area (Å²) in [6.45, 7) is 2.84. The molecule has 0 spiro atoms. The second-order valence-corrected chi connectivity index (χ2v) is 3.79. The second kappa shape index (κ2) is 4.92. The van der Waals surface area contributed by atoms with Crippen molar-refractivity contribution in [2.24, 2.45) is 5.84 Å². The number of hydrazine groups is 1. The molecule has 92 valence electrons. The lowest BCUT2D eigenvalue weighted by molar-refractivity contribution is 0.309. The Bertz CT molecular complexity index is 508. The zero-order valence-electron chi connectivity index (χ0n) is 9.81. The number of rotatable bonds is 5.